The van der Waals surface area contributed by atoms with E-state index in [2.05, 4.69) is 15.5 Å². The molecule has 1 amide bonds. The van der Waals surface area contributed by atoms with Crippen molar-refractivity contribution < 1.29 is 18.4 Å². The van der Waals surface area contributed by atoms with Crippen LogP contribution in [0.15, 0.2) is 53.1 Å². The summed E-state index contributed by atoms with van der Waals surface area (Å²) in [4.78, 5) is 16.3. The summed E-state index contributed by atoms with van der Waals surface area (Å²) in [6.07, 6.45) is 0.384. The molecule has 0 aliphatic heterocycles. The first-order chi connectivity index (χ1) is 12.2. The molecule has 6 nitrogen and oxygen atoms in total. The van der Waals surface area contributed by atoms with Crippen LogP contribution in [0.4, 0.5) is 4.39 Å². The van der Waals surface area contributed by atoms with E-state index in [9.17, 15) is 9.18 Å². The first-order valence-corrected chi connectivity index (χ1v) is 7.67. The predicted molar refractivity (Wildman–Crippen MR) is 88.7 cm³/mol. The van der Waals surface area contributed by atoms with E-state index in [0.717, 1.165) is 5.56 Å². The lowest BCUT2D eigenvalue weighted by Crippen LogP contribution is -2.25. The van der Waals surface area contributed by atoms with Gasteiger partial charge in [0.05, 0.1) is 12.7 Å². The van der Waals surface area contributed by atoms with E-state index in [1.807, 2.05) is 24.3 Å². The van der Waals surface area contributed by atoms with Gasteiger partial charge in [-0.2, -0.15) is 4.98 Å². The highest BCUT2D eigenvalue weighted by atomic mass is 19.1. The second kappa shape index (κ2) is 7.57. The quantitative estimate of drug-likeness (QED) is 0.746. The summed E-state index contributed by atoms with van der Waals surface area (Å²) >= 11 is 0. The number of ether oxygens (including phenoxy) is 1. The number of benzene rings is 2. The van der Waals surface area contributed by atoms with E-state index in [1.54, 1.807) is 7.11 Å². The van der Waals surface area contributed by atoms with Crippen LogP contribution in [0.25, 0.3) is 11.4 Å². The molecule has 0 aliphatic rings. The average molecular weight is 341 g/mol. The maximum atomic E-state index is 12.9. The van der Waals surface area contributed by atoms with Gasteiger partial charge in [-0.3, -0.25) is 4.79 Å². The van der Waals surface area contributed by atoms with E-state index in [4.69, 9.17) is 9.26 Å². The molecule has 1 aromatic heterocycles. The molecule has 128 valence electrons. The molecule has 0 aliphatic carbocycles. The minimum Gasteiger partial charge on any atom is -0.496 e. The molecule has 1 heterocycles. The lowest BCUT2D eigenvalue weighted by molar-refractivity contribution is 0.0953. The van der Waals surface area contributed by atoms with Crippen LogP contribution in [0.2, 0.25) is 0 Å². The Bertz CT molecular complexity index is 862. The van der Waals surface area contributed by atoms with Gasteiger partial charge < -0.3 is 14.6 Å². The van der Waals surface area contributed by atoms with Crippen LogP contribution in [0.1, 0.15) is 16.2 Å². The number of rotatable bonds is 6. The third-order valence-electron chi connectivity index (χ3n) is 3.55. The fraction of sp³-hybridized carbons (Fsp3) is 0.167. The summed E-state index contributed by atoms with van der Waals surface area (Å²) in [5.74, 6) is 0.813. The fourth-order valence-electron chi connectivity index (χ4n) is 2.28. The van der Waals surface area contributed by atoms with Gasteiger partial charge in [0.25, 0.3) is 5.91 Å². The molecular weight excluding hydrogens is 325 g/mol. The normalized spacial score (nSPS) is 10.5. The zero-order valence-corrected chi connectivity index (χ0v) is 13.5. The van der Waals surface area contributed by atoms with Crippen molar-refractivity contribution in [1.29, 1.82) is 0 Å². The Kier molecular flexibility index (Phi) is 5.03. The van der Waals surface area contributed by atoms with Crippen LogP contribution in [-0.4, -0.2) is 29.7 Å². The predicted octanol–water partition coefficient (Wildman–Crippen LogP) is 2.86. The first kappa shape index (κ1) is 16.6. The average Bonchev–Trinajstić information content (AvgIpc) is 3.11. The van der Waals surface area contributed by atoms with Crippen molar-refractivity contribution in [3.8, 4) is 17.1 Å². The third-order valence-corrected chi connectivity index (χ3v) is 3.55. The number of nitrogens with zero attached hydrogens (tertiary/aromatic N) is 2. The van der Waals surface area contributed by atoms with Crippen molar-refractivity contribution in [2.24, 2.45) is 0 Å². The van der Waals surface area contributed by atoms with Crippen LogP contribution < -0.4 is 10.1 Å². The van der Waals surface area contributed by atoms with Gasteiger partial charge in [0.1, 0.15) is 11.6 Å². The smallest absolute Gasteiger partial charge is 0.251 e. The Balaban J connectivity index is 1.59. The molecule has 7 heteroatoms. The van der Waals surface area contributed by atoms with E-state index in [0.29, 0.717) is 36.0 Å². The lowest BCUT2D eigenvalue weighted by Gasteiger charge is -2.03. The molecule has 3 aromatic rings. The largest absolute Gasteiger partial charge is 0.496 e. The van der Waals surface area contributed by atoms with Gasteiger partial charge in [-0.1, -0.05) is 17.3 Å². The molecule has 0 saturated heterocycles. The van der Waals surface area contributed by atoms with Crippen molar-refractivity contribution in [3.63, 3.8) is 0 Å². The van der Waals surface area contributed by atoms with Gasteiger partial charge in [-0.25, -0.2) is 4.39 Å². The summed E-state index contributed by atoms with van der Waals surface area (Å²) < 4.78 is 23.3. The van der Waals surface area contributed by atoms with Crippen molar-refractivity contribution in [1.82, 2.24) is 15.5 Å². The molecule has 2 aromatic carbocycles. The zero-order valence-electron chi connectivity index (χ0n) is 13.5. The zero-order chi connectivity index (χ0) is 17.6. The van der Waals surface area contributed by atoms with Gasteiger partial charge >= 0.3 is 0 Å². The second-order valence-electron chi connectivity index (χ2n) is 5.22. The summed E-state index contributed by atoms with van der Waals surface area (Å²) in [6.45, 7) is 0.323. The summed E-state index contributed by atoms with van der Waals surface area (Å²) in [7, 11) is 1.57. The Hall–Kier alpha value is -3.22. The molecule has 0 radical (unpaired) electrons. The number of nitrogens with one attached hydrogen (secondary N) is 1. The van der Waals surface area contributed by atoms with Gasteiger partial charge in [-0.05, 0) is 36.4 Å². The van der Waals surface area contributed by atoms with Crippen LogP contribution in [0, 0.1) is 5.82 Å². The molecule has 0 unspecified atom stereocenters. The van der Waals surface area contributed by atoms with Gasteiger partial charge in [0.2, 0.25) is 11.7 Å². The van der Waals surface area contributed by atoms with Gasteiger partial charge in [0.15, 0.2) is 0 Å². The minimum atomic E-state index is -0.383. The number of carbonyl (C=O) groups excluding carboxylic acids is 1. The van der Waals surface area contributed by atoms with Crippen molar-refractivity contribution in [3.05, 3.63) is 65.8 Å². The number of hydrogen-bond acceptors (Lipinski definition) is 5. The second-order valence-corrected chi connectivity index (χ2v) is 5.22. The number of aromatic nitrogens is 2. The molecule has 0 saturated carbocycles. The first-order valence-electron chi connectivity index (χ1n) is 7.67. The van der Waals surface area contributed by atoms with Gasteiger partial charge in [-0.15, -0.1) is 0 Å². The van der Waals surface area contributed by atoms with E-state index >= 15 is 0 Å². The Labute approximate surface area is 143 Å². The number of halogens is 1. The monoisotopic (exact) mass is 341 g/mol. The molecule has 25 heavy (non-hydrogen) atoms. The molecular formula is C18H16FN3O3. The maximum Gasteiger partial charge on any atom is 0.251 e. The van der Waals surface area contributed by atoms with Crippen LogP contribution >= 0.6 is 0 Å². The number of para-hydroxylation sites is 1. The summed E-state index contributed by atoms with van der Waals surface area (Å²) in [5, 5.41) is 6.66. The van der Waals surface area contributed by atoms with Crippen LogP contribution in [0.5, 0.6) is 5.75 Å². The molecule has 0 atom stereocenters. The van der Waals surface area contributed by atoms with E-state index < -0.39 is 0 Å². The molecule has 0 bridgehead atoms. The summed E-state index contributed by atoms with van der Waals surface area (Å²) in [5.41, 5.74) is 1.12. The lowest BCUT2D eigenvalue weighted by atomic mass is 10.2. The number of methoxy groups -OCH3 is 1. The van der Waals surface area contributed by atoms with Crippen molar-refractivity contribution in [2.75, 3.05) is 13.7 Å². The number of carbonyl (C=O) groups is 1. The van der Waals surface area contributed by atoms with Gasteiger partial charge in [0, 0.05) is 18.5 Å². The Morgan fingerprint density at radius 3 is 2.72 bits per heavy atom. The Morgan fingerprint density at radius 1 is 1.20 bits per heavy atom. The third kappa shape index (κ3) is 4.00. The molecule has 1 N–H and O–H groups in total. The van der Waals surface area contributed by atoms with Crippen LogP contribution in [0.3, 0.4) is 0 Å². The highest BCUT2D eigenvalue weighted by Gasteiger charge is 2.13. The number of amides is 1. The van der Waals surface area contributed by atoms with Crippen LogP contribution in [-0.2, 0) is 6.42 Å². The van der Waals surface area contributed by atoms with Crippen molar-refractivity contribution in [2.45, 2.75) is 6.42 Å². The summed E-state index contributed by atoms with van der Waals surface area (Å²) in [6, 6.07) is 12.7. The SMILES string of the molecule is COc1ccccc1-c1noc(CCNC(=O)c2ccc(F)cc2)n1. The Morgan fingerprint density at radius 2 is 1.96 bits per heavy atom. The fourth-order valence-corrected chi connectivity index (χ4v) is 2.28. The van der Waals surface area contributed by atoms with E-state index in [-0.39, 0.29) is 11.7 Å². The minimum absolute atomic E-state index is 0.288. The number of hydrogen-bond donors (Lipinski definition) is 1. The highest BCUT2D eigenvalue weighted by molar-refractivity contribution is 5.94. The van der Waals surface area contributed by atoms with E-state index in [1.165, 1.54) is 24.3 Å². The standard InChI is InChI=1S/C18H16FN3O3/c1-24-15-5-3-2-4-14(15)17-21-16(25-22-17)10-11-20-18(23)12-6-8-13(19)9-7-12/h2-9H,10-11H2,1H3,(H,20,23). The molecule has 3 rings (SSSR count). The van der Waals surface area contributed by atoms with Crippen molar-refractivity contribution >= 4 is 5.91 Å². The highest BCUT2D eigenvalue weighted by Crippen LogP contribution is 2.26. The molecule has 0 fully saturated rings. The molecule has 0 spiro atoms. The maximum absolute atomic E-state index is 12.9. The topological polar surface area (TPSA) is 77.3 Å².